The van der Waals surface area contributed by atoms with Gasteiger partial charge in [0.2, 0.25) is 5.95 Å². The van der Waals surface area contributed by atoms with Gasteiger partial charge in [0.25, 0.3) is 0 Å². The van der Waals surface area contributed by atoms with E-state index in [2.05, 4.69) is 15.3 Å². The largest absolute Gasteiger partial charge is 0.481 e. The van der Waals surface area contributed by atoms with E-state index in [-0.39, 0.29) is 6.42 Å². The lowest BCUT2D eigenvalue weighted by molar-refractivity contribution is -0.137. The lowest BCUT2D eigenvalue weighted by Gasteiger charge is -2.03. The Kier molecular flexibility index (Phi) is 5.18. The van der Waals surface area contributed by atoms with Crippen LogP contribution in [0.2, 0.25) is 0 Å². The van der Waals surface area contributed by atoms with E-state index in [1.54, 1.807) is 0 Å². The van der Waals surface area contributed by atoms with Crippen LogP contribution in [0.25, 0.3) is 0 Å². The zero-order chi connectivity index (χ0) is 11.8. The maximum absolute atomic E-state index is 12.4. The Balaban J connectivity index is 2.07. The van der Waals surface area contributed by atoms with Gasteiger partial charge in [-0.25, -0.2) is 14.4 Å². The number of carbonyl (C=O) groups is 1. The highest BCUT2D eigenvalue weighted by atomic mass is 19.1. The van der Waals surface area contributed by atoms with Crippen LogP contribution in [-0.2, 0) is 4.79 Å². The first-order chi connectivity index (χ1) is 7.68. The molecule has 0 spiro atoms. The summed E-state index contributed by atoms with van der Waals surface area (Å²) in [7, 11) is 0. The van der Waals surface area contributed by atoms with Crippen molar-refractivity contribution in [3.8, 4) is 0 Å². The molecule has 1 heterocycles. The highest BCUT2D eigenvalue weighted by molar-refractivity contribution is 5.66. The Labute approximate surface area is 92.7 Å². The van der Waals surface area contributed by atoms with Crippen LogP contribution < -0.4 is 5.32 Å². The Bertz CT molecular complexity index is 329. The quantitative estimate of drug-likeness (QED) is 0.693. The maximum Gasteiger partial charge on any atom is 0.303 e. The van der Waals surface area contributed by atoms with E-state index in [1.807, 2.05) is 0 Å². The van der Waals surface area contributed by atoms with Crippen LogP contribution >= 0.6 is 0 Å². The molecule has 1 aromatic heterocycles. The molecule has 6 heteroatoms. The molecule has 0 aromatic carbocycles. The molecule has 0 aliphatic rings. The van der Waals surface area contributed by atoms with Crippen LogP contribution in [0.5, 0.6) is 0 Å². The van der Waals surface area contributed by atoms with Gasteiger partial charge in [0.15, 0.2) is 5.82 Å². The van der Waals surface area contributed by atoms with Crippen LogP contribution in [0.15, 0.2) is 12.4 Å². The minimum absolute atomic E-state index is 0.201. The molecule has 0 aliphatic heterocycles. The smallest absolute Gasteiger partial charge is 0.303 e. The minimum Gasteiger partial charge on any atom is -0.481 e. The van der Waals surface area contributed by atoms with Crippen molar-refractivity contribution in [1.29, 1.82) is 0 Å². The predicted molar refractivity (Wildman–Crippen MR) is 56.6 cm³/mol. The SMILES string of the molecule is O=C(O)CCCCCNc1ncc(F)cn1. The van der Waals surface area contributed by atoms with Crippen molar-refractivity contribution in [2.24, 2.45) is 0 Å². The molecule has 0 unspecified atom stereocenters. The standard InChI is InChI=1S/C10H14FN3O2/c11-8-6-13-10(14-7-8)12-5-3-1-2-4-9(15)16/h6-7H,1-5H2,(H,15,16)(H,12,13,14). The highest BCUT2D eigenvalue weighted by Gasteiger charge is 1.98. The summed E-state index contributed by atoms with van der Waals surface area (Å²) in [5.74, 6) is -0.846. The van der Waals surface area contributed by atoms with Gasteiger partial charge in [-0.2, -0.15) is 0 Å². The van der Waals surface area contributed by atoms with E-state index in [0.29, 0.717) is 18.9 Å². The summed E-state index contributed by atoms with van der Waals surface area (Å²) in [5, 5.41) is 11.3. The average Bonchev–Trinajstić information content (AvgIpc) is 2.25. The van der Waals surface area contributed by atoms with Crippen molar-refractivity contribution in [3.63, 3.8) is 0 Å². The first-order valence-electron chi connectivity index (χ1n) is 5.11. The Hall–Kier alpha value is -1.72. The molecular weight excluding hydrogens is 213 g/mol. The predicted octanol–water partition coefficient (Wildman–Crippen LogP) is 1.67. The third-order valence-electron chi connectivity index (χ3n) is 1.97. The molecule has 0 amide bonds. The van der Waals surface area contributed by atoms with Gasteiger partial charge < -0.3 is 10.4 Å². The average molecular weight is 227 g/mol. The molecule has 0 aliphatic carbocycles. The number of hydrogen-bond acceptors (Lipinski definition) is 4. The van der Waals surface area contributed by atoms with E-state index < -0.39 is 11.8 Å². The molecule has 0 fully saturated rings. The molecule has 1 rings (SSSR count). The third kappa shape index (κ3) is 5.23. The van der Waals surface area contributed by atoms with Gasteiger partial charge in [0.05, 0.1) is 12.4 Å². The molecule has 0 saturated carbocycles. The zero-order valence-corrected chi connectivity index (χ0v) is 8.82. The molecule has 0 saturated heterocycles. The normalized spacial score (nSPS) is 10.1. The van der Waals surface area contributed by atoms with Gasteiger partial charge in [0.1, 0.15) is 0 Å². The second-order valence-corrected chi connectivity index (χ2v) is 3.36. The fourth-order valence-corrected chi connectivity index (χ4v) is 1.18. The second kappa shape index (κ2) is 6.71. The second-order valence-electron chi connectivity index (χ2n) is 3.36. The van der Waals surface area contributed by atoms with Crippen molar-refractivity contribution in [3.05, 3.63) is 18.2 Å². The van der Waals surface area contributed by atoms with Crippen LogP contribution in [0, 0.1) is 5.82 Å². The number of unbranched alkanes of at least 4 members (excludes halogenated alkanes) is 2. The van der Waals surface area contributed by atoms with Crippen LogP contribution in [0.4, 0.5) is 10.3 Å². The molecule has 16 heavy (non-hydrogen) atoms. The number of halogens is 1. The number of aliphatic carboxylic acids is 1. The lowest BCUT2D eigenvalue weighted by atomic mass is 10.2. The van der Waals surface area contributed by atoms with Gasteiger partial charge in [-0.1, -0.05) is 6.42 Å². The number of carboxylic acids is 1. The third-order valence-corrected chi connectivity index (χ3v) is 1.97. The summed E-state index contributed by atoms with van der Waals surface area (Å²) in [5.41, 5.74) is 0. The summed E-state index contributed by atoms with van der Waals surface area (Å²) < 4.78 is 12.4. The van der Waals surface area contributed by atoms with E-state index in [4.69, 9.17) is 5.11 Å². The molecule has 0 radical (unpaired) electrons. The van der Waals surface area contributed by atoms with Crippen molar-refractivity contribution in [1.82, 2.24) is 9.97 Å². The molecule has 5 nitrogen and oxygen atoms in total. The number of anilines is 1. The molecular formula is C10H14FN3O2. The topological polar surface area (TPSA) is 75.1 Å². The number of carboxylic acid groups (broad SMARTS) is 1. The Morgan fingerprint density at radius 2 is 2.00 bits per heavy atom. The molecule has 0 bridgehead atoms. The minimum atomic E-state index is -0.769. The fourth-order valence-electron chi connectivity index (χ4n) is 1.18. The molecule has 2 N–H and O–H groups in total. The van der Waals surface area contributed by atoms with Gasteiger partial charge in [-0.15, -0.1) is 0 Å². The van der Waals surface area contributed by atoms with Gasteiger partial charge >= 0.3 is 5.97 Å². The number of nitrogens with zero attached hydrogens (tertiary/aromatic N) is 2. The maximum atomic E-state index is 12.4. The summed E-state index contributed by atoms with van der Waals surface area (Å²) in [6, 6.07) is 0. The van der Waals surface area contributed by atoms with Crippen LogP contribution in [0.3, 0.4) is 0 Å². The van der Waals surface area contributed by atoms with E-state index in [0.717, 1.165) is 25.2 Å². The van der Waals surface area contributed by atoms with E-state index >= 15 is 0 Å². The molecule has 0 atom stereocenters. The lowest BCUT2D eigenvalue weighted by Crippen LogP contribution is -2.05. The molecule has 1 aromatic rings. The van der Waals surface area contributed by atoms with Crippen molar-refractivity contribution in [2.45, 2.75) is 25.7 Å². The number of aromatic nitrogens is 2. The summed E-state index contributed by atoms with van der Waals surface area (Å²) in [6.07, 6.45) is 4.74. The van der Waals surface area contributed by atoms with Crippen molar-refractivity contribution < 1.29 is 14.3 Å². The number of rotatable bonds is 7. The first-order valence-corrected chi connectivity index (χ1v) is 5.11. The highest BCUT2D eigenvalue weighted by Crippen LogP contribution is 2.02. The monoisotopic (exact) mass is 227 g/mol. The zero-order valence-electron chi connectivity index (χ0n) is 8.82. The summed E-state index contributed by atoms with van der Waals surface area (Å²) >= 11 is 0. The van der Waals surface area contributed by atoms with Gasteiger partial charge in [-0.3, -0.25) is 4.79 Å². The number of hydrogen-bond donors (Lipinski definition) is 2. The fraction of sp³-hybridized carbons (Fsp3) is 0.500. The van der Waals surface area contributed by atoms with E-state index in [9.17, 15) is 9.18 Å². The van der Waals surface area contributed by atoms with Crippen LogP contribution in [0.1, 0.15) is 25.7 Å². The van der Waals surface area contributed by atoms with Gasteiger partial charge in [0, 0.05) is 13.0 Å². The van der Waals surface area contributed by atoms with Crippen molar-refractivity contribution >= 4 is 11.9 Å². The Morgan fingerprint density at radius 3 is 2.62 bits per heavy atom. The first kappa shape index (κ1) is 12.4. The van der Waals surface area contributed by atoms with Gasteiger partial charge in [-0.05, 0) is 12.8 Å². The van der Waals surface area contributed by atoms with E-state index in [1.165, 1.54) is 0 Å². The summed E-state index contributed by atoms with van der Waals surface area (Å²) in [6.45, 7) is 0.658. The number of nitrogens with one attached hydrogen (secondary N) is 1. The molecule has 88 valence electrons. The summed E-state index contributed by atoms with van der Waals surface area (Å²) in [4.78, 5) is 17.7. The Morgan fingerprint density at radius 1 is 1.31 bits per heavy atom. The van der Waals surface area contributed by atoms with Crippen molar-refractivity contribution in [2.75, 3.05) is 11.9 Å². The van der Waals surface area contributed by atoms with Crippen LogP contribution in [-0.4, -0.2) is 27.6 Å².